The second kappa shape index (κ2) is 10.6. The van der Waals surface area contributed by atoms with Crippen LogP contribution in [0.4, 0.5) is 20.7 Å². The number of alkyl halides is 1. The van der Waals surface area contributed by atoms with Crippen molar-refractivity contribution >= 4 is 29.2 Å². The Morgan fingerprint density at radius 1 is 1.36 bits per heavy atom. The molecule has 6 nitrogen and oxygen atoms in total. The van der Waals surface area contributed by atoms with E-state index in [1.807, 2.05) is 6.07 Å². The first-order valence-electron chi connectivity index (χ1n) is 11.4. The number of carbonyl (C=O) groups excluding carboxylic acids is 1. The number of anilines is 2. The number of hydrogen-bond donors (Lipinski definition) is 1. The number of aromatic nitrogens is 1. The number of hydrogen-bond acceptors (Lipinski definition) is 5. The van der Waals surface area contributed by atoms with E-state index < -0.39 is 11.7 Å². The molecule has 1 aliphatic rings. The standard InChI is InChI=1S/C25H33ClFN3O3/c1-6-7-19(26)14-30-16(2)15-32-23-21(30)13-18(12-17-8-10-20(27)11-9-17)22(28-23)29-24(31)33-25(3,4)5/h8-11,13,16,19H,6-7,12,14-15H2,1-5H3,(H,28,29,31)/t16-,19?/m0/s1. The second-order valence-electron chi connectivity index (χ2n) is 9.45. The number of halogens is 2. The number of pyridine rings is 1. The van der Waals surface area contributed by atoms with E-state index in [4.69, 9.17) is 21.1 Å². The number of rotatable bonds is 7. The Morgan fingerprint density at radius 3 is 2.70 bits per heavy atom. The third-order valence-electron chi connectivity index (χ3n) is 5.27. The van der Waals surface area contributed by atoms with Crippen LogP contribution in [0, 0.1) is 5.82 Å². The van der Waals surface area contributed by atoms with Gasteiger partial charge in [-0.15, -0.1) is 11.6 Å². The third-order valence-corrected chi connectivity index (χ3v) is 5.63. The molecule has 8 heteroatoms. The fourth-order valence-electron chi connectivity index (χ4n) is 3.73. The molecule has 0 aliphatic carbocycles. The smallest absolute Gasteiger partial charge is 0.413 e. The van der Waals surface area contributed by atoms with Gasteiger partial charge in [0.25, 0.3) is 0 Å². The predicted molar refractivity (Wildman–Crippen MR) is 130 cm³/mol. The largest absolute Gasteiger partial charge is 0.474 e. The topological polar surface area (TPSA) is 63.7 Å². The molecule has 2 aromatic rings. The molecule has 1 aromatic carbocycles. The van der Waals surface area contributed by atoms with Gasteiger partial charge in [0.1, 0.15) is 29.5 Å². The summed E-state index contributed by atoms with van der Waals surface area (Å²) in [5.41, 5.74) is 1.85. The zero-order valence-corrected chi connectivity index (χ0v) is 20.7. The zero-order valence-electron chi connectivity index (χ0n) is 20.0. The van der Waals surface area contributed by atoms with E-state index in [2.05, 4.69) is 29.0 Å². The number of benzene rings is 1. The fraction of sp³-hybridized carbons (Fsp3) is 0.520. The summed E-state index contributed by atoms with van der Waals surface area (Å²) in [5.74, 6) is 0.507. The molecular weight excluding hydrogens is 445 g/mol. The van der Waals surface area contributed by atoms with Gasteiger partial charge in [0, 0.05) is 18.5 Å². The maximum Gasteiger partial charge on any atom is 0.413 e. The van der Waals surface area contributed by atoms with E-state index in [9.17, 15) is 9.18 Å². The lowest BCUT2D eigenvalue weighted by atomic mass is 10.0. The highest BCUT2D eigenvalue weighted by Gasteiger charge is 2.29. The van der Waals surface area contributed by atoms with Gasteiger partial charge in [0.05, 0.1) is 11.4 Å². The monoisotopic (exact) mass is 477 g/mol. The maximum absolute atomic E-state index is 13.4. The molecule has 1 aromatic heterocycles. The molecule has 3 rings (SSSR count). The quantitative estimate of drug-likeness (QED) is 0.484. The first kappa shape index (κ1) is 25.1. The van der Waals surface area contributed by atoms with Crippen LogP contribution >= 0.6 is 11.6 Å². The van der Waals surface area contributed by atoms with Crippen molar-refractivity contribution in [3.8, 4) is 5.88 Å². The Morgan fingerprint density at radius 2 is 2.06 bits per heavy atom. The van der Waals surface area contributed by atoms with Gasteiger partial charge >= 0.3 is 6.09 Å². The Labute approximate surface area is 200 Å². The SMILES string of the molecule is CCCC(Cl)CN1c2cc(Cc3ccc(F)cc3)c(NC(=O)OC(C)(C)C)nc2OC[C@@H]1C. The number of carbonyl (C=O) groups is 1. The minimum Gasteiger partial charge on any atom is -0.474 e. The van der Waals surface area contributed by atoms with Crippen molar-refractivity contribution in [1.29, 1.82) is 0 Å². The highest BCUT2D eigenvalue weighted by atomic mass is 35.5. The summed E-state index contributed by atoms with van der Waals surface area (Å²) in [5, 5.41) is 2.77. The van der Waals surface area contributed by atoms with E-state index in [1.165, 1.54) is 12.1 Å². The molecule has 1 amide bonds. The summed E-state index contributed by atoms with van der Waals surface area (Å²) < 4.78 is 24.7. The van der Waals surface area contributed by atoms with Crippen LogP contribution in [-0.2, 0) is 11.2 Å². The van der Waals surface area contributed by atoms with Gasteiger partial charge in [-0.2, -0.15) is 4.98 Å². The summed E-state index contributed by atoms with van der Waals surface area (Å²) in [4.78, 5) is 19.3. The van der Waals surface area contributed by atoms with E-state index in [0.29, 0.717) is 31.3 Å². The van der Waals surface area contributed by atoms with Gasteiger partial charge in [0.15, 0.2) is 0 Å². The van der Waals surface area contributed by atoms with Crippen LogP contribution < -0.4 is 15.0 Å². The van der Waals surface area contributed by atoms with Crippen molar-refractivity contribution in [2.75, 3.05) is 23.4 Å². The summed E-state index contributed by atoms with van der Waals surface area (Å²) >= 11 is 6.58. The van der Waals surface area contributed by atoms with Crippen LogP contribution in [0.15, 0.2) is 30.3 Å². The molecule has 1 aliphatic heterocycles. The molecule has 0 saturated heterocycles. The maximum atomic E-state index is 13.4. The number of fused-ring (bicyclic) bond motifs is 1. The molecule has 0 radical (unpaired) electrons. The summed E-state index contributed by atoms with van der Waals surface area (Å²) in [7, 11) is 0. The van der Waals surface area contributed by atoms with E-state index in [1.54, 1.807) is 32.9 Å². The molecule has 0 spiro atoms. The normalized spacial score (nSPS) is 16.6. The van der Waals surface area contributed by atoms with Gasteiger partial charge < -0.3 is 14.4 Å². The first-order valence-corrected chi connectivity index (χ1v) is 11.8. The summed E-state index contributed by atoms with van der Waals surface area (Å²) in [6, 6.07) is 8.38. The minimum absolute atomic E-state index is 0.00325. The average molecular weight is 478 g/mol. The lowest BCUT2D eigenvalue weighted by Crippen LogP contribution is -2.44. The average Bonchev–Trinajstić information content (AvgIpc) is 2.71. The Bertz CT molecular complexity index is 963. The van der Waals surface area contributed by atoms with Gasteiger partial charge in [-0.05, 0) is 57.9 Å². The molecule has 2 atom stereocenters. The number of nitrogens with zero attached hydrogens (tertiary/aromatic N) is 2. The van der Waals surface area contributed by atoms with Crippen molar-refractivity contribution in [3.63, 3.8) is 0 Å². The van der Waals surface area contributed by atoms with E-state index >= 15 is 0 Å². The molecule has 0 fully saturated rings. The lowest BCUT2D eigenvalue weighted by Gasteiger charge is -2.37. The Balaban J connectivity index is 1.98. The summed E-state index contributed by atoms with van der Waals surface area (Å²) in [6.45, 7) is 10.7. The van der Waals surface area contributed by atoms with Crippen LogP contribution in [0.2, 0.25) is 0 Å². The minimum atomic E-state index is -0.646. The van der Waals surface area contributed by atoms with Crippen LogP contribution in [0.1, 0.15) is 58.6 Å². The van der Waals surface area contributed by atoms with Crippen molar-refractivity contribution in [3.05, 3.63) is 47.3 Å². The van der Waals surface area contributed by atoms with E-state index in [-0.39, 0.29) is 17.2 Å². The predicted octanol–water partition coefficient (Wildman–Crippen LogP) is 6.15. The summed E-state index contributed by atoms with van der Waals surface area (Å²) in [6.07, 6.45) is 1.77. The molecule has 1 N–H and O–H groups in total. The van der Waals surface area contributed by atoms with Gasteiger partial charge in [-0.3, -0.25) is 5.32 Å². The number of amides is 1. The van der Waals surface area contributed by atoms with Crippen molar-refractivity contribution < 1.29 is 18.7 Å². The number of ether oxygens (including phenoxy) is 2. The van der Waals surface area contributed by atoms with Crippen molar-refractivity contribution in [2.24, 2.45) is 0 Å². The fourth-order valence-corrected chi connectivity index (χ4v) is 4.09. The van der Waals surface area contributed by atoms with Crippen LogP contribution in [0.5, 0.6) is 5.88 Å². The molecule has 33 heavy (non-hydrogen) atoms. The highest BCUT2D eigenvalue weighted by molar-refractivity contribution is 6.21. The third kappa shape index (κ3) is 6.97. The molecule has 1 unspecified atom stereocenters. The molecule has 0 bridgehead atoms. The highest BCUT2D eigenvalue weighted by Crippen LogP contribution is 2.37. The number of nitrogens with one attached hydrogen (secondary N) is 1. The van der Waals surface area contributed by atoms with Crippen LogP contribution in [-0.4, -0.2) is 41.2 Å². The van der Waals surface area contributed by atoms with Gasteiger partial charge in [0.2, 0.25) is 5.88 Å². The lowest BCUT2D eigenvalue weighted by molar-refractivity contribution is 0.0635. The molecule has 2 heterocycles. The molecule has 0 saturated carbocycles. The zero-order chi connectivity index (χ0) is 24.2. The molecular formula is C25H33ClFN3O3. The first-order chi connectivity index (χ1) is 15.6. The van der Waals surface area contributed by atoms with Gasteiger partial charge in [-0.1, -0.05) is 25.5 Å². The van der Waals surface area contributed by atoms with Crippen LogP contribution in [0.25, 0.3) is 0 Å². The second-order valence-corrected chi connectivity index (χ2v) is 10.1. The van der Waals surface area contributed by atoms with Crippen LogP contribution in [0.3, 0.4) is 0 Å². The van der Waals surface area contributed by atoms with Gasteiger partial charge in [-0.25, -0.2) is 9.18 Å². The van der Waals surface area contributed by atoms with Crippen molar-refractivity contribution in [2.45, 2.75) is 70.9 Å². The Kier molecular flexibility index (Phi) is 8.05. The van der Waals surface area contributed by atoms with E-state index in [0.717, 1.165) is 29.7 Å². The molecule has 180 valence electrons. The Hall–Kier alpha value is -2.54. The van der Waals surface area contributed by atoms with Crippen molar-refractivity contribution in [1.82, 2.24) is 4.98 Å².